The van der Waals surface area contributed by atoms with Gasteiger partial charge in [-0.25, -0.2) is 4.39 Å². The highest BCUT2D eigenvalue weighted by Crippen LogP contribution is 2.37. The number of hydrogen-bond donors (Lipinski definition) is 0. The summed E-state index contributed by atoms with van der Waals surface area (Å²) < 4.78 is 16.5. The average molecular weight is 334 g/mol. The fourth-order valence-corrected chi connectivity index (χ4v) is 3.37. The lowest BCUT2D eigenvalue weighted by Gasteiger charge is -2.27. The van der Waals surface area contributed by atoms with Crippen molar-refractivity contribution in [1.29, 1.82) is 0 Å². The van der Waals surface area contributed by atoms with Crippen LogP contribution in [0.3, 0.4) is 0 Å². The van der Waals surface area contributed by atoms with Crippen molar-refractivity contribution in [2.75, 3.05) is 13.1 Å². The highest BCUT2D eigenvalue weighted by Gasteiger charge is 2.26. The summed E-state index contributed by atoms with van der Waals surface area (Å²) in [5.41, 5.74) is 4.33. The van der Waals surface area contributed by atoms with Crippen LogP contribution in [0.5, 0.6) is 0 Å². The molecule has 0 N–H and O–H groups in total. The summed E-state index contributed by atoms with van der Waals surface area (Å²) in [6, 6.07) is 10.7. The molecule has 5 heteroatoms. The lowest BCUT2D eigenvalue weighted by Crippen LogP contribution is -2.34. The summed E-state index contributed by atoms with van der Waals surface area (Å²) in [6.45, 7) is 7.13. The zero-order valence-corrected chi connectivity index (χ0v) is 13.9. The van der Waals surface area contributed by atoms with Gasteiger partial charge in [0.25, 0.3) is 0 Å². The Hall–Kier alpha value is -2.79. The average Bonchev–Trinajstić information content (AvgIpc) is 3.01. The first-order chi connectivity index (χ1) is 12.3. The number of benzene rings is 1. The van der Waals surface area contributed by atoms with Crippen molar-refractivity contribution in [3.63, 3.8) is 0 Å². The van der Waals surface area contributed by atoms with Gasteiger partial charge in [-0.15, -0.1) is 6.58 Å². The van der Waals surface area contributed by atoms with E-state index >= 15 is 0 Å². The second-order valence-electron chi connectivity index (χ2n) is 6.13. The first-order valence-electron chi connectivity index (χ1n) is 8.36. The van der Waals surface area contributed by atoms with Crippen LogP contribution in [0.15, 0.2) is 61.4 Å². The van der Waals surface area contributed by atoms with Gasteiger partial charge in [-0.1, -0.05) is 18.2 Å². The van der Waals surface area contributed by atoms with Crippen LogP contribution in [0.1, 0.15) is 5.69 Å². The highest BCUT2D eigenvalue weighted by molar-refractivity contribution is 5.83. The maximum absolute atomic E-state index is 14.4. The summed E-state index contributed by atoms with van der Waals surface area (Å²) >= 11 is 0. The number of rotatable bonds is 4. The van der Waals surface area contributed by atoms with E-state index in [4.69, 9.17) is 5.10 Å². The third-order valence-electron chi connectivity index (χ3n) is 4.54. The molecule has 0 bridgehead atoms. The van der Waals surface area contributed by atoms with Crippen molar-refractivity contribution in [3.8, 4) is 22.4 Å². The van der Waals surface area contributed by atoms with Gasteiger partial charge in [-0.3, -0.25) is 14.6 Å². The Kier molecular flexibility index (Phi) is 4.15. The molecule has 4 rings (SSSR count). The predicted molar refractivity (Wildman–Crippen MR) is 96.3 cm³/mol. The minimum Gasteiger partial charge on any atom is -0.292 e. The van der Waals surface area contributed by atoms with E-state index in [0.717, 1.165) is 43.0 Å². The molecule has 3 aromatic rings. The largest absolute Gasteiger partial charge is 0.292 e. The number of pyridine rings is 1. The van der Waals surface area contributed by atoms with E-state index < -0.39 is 0 Å². The van der Waals surface area contributed by atoms with E-state index in [1.165, 1.54) is 6.07 Å². The minimum atomic E-state index is -0.254. The Balaban J connectivity index is 1.91. The van der Waals surface area contributed by atoms with Gasteiger partial charge in [0.15, 0.2) is 0 Å². The summed E-state index contributed by atoms with van der Waals surface area (Å²) in [7, 11) is 0. The Morgan fingerprint density at radius 1 is 1.12 bits per heavy atom. The van der Waals surface area contributed by atoms with E-state index in [1.54, 1.807) is 24.5 Å². The second-order valence-corrected chi connectivity index (χ2v) is 6.13. The first-order valence-corrected chi connectivity index (χ1v) is 8.36. The molecule has 0 fully saturated rings. The summed E-state index contributed by atoms with van der Waals surface area (Å²) in [5, 5.41) is 4.76. The number of nitrogens with zero attached hydrogens (tertiary/aromatic N) is 4. The van der Waals surface area contributed by atoms with Crippen molar-refractivity contribution in [2.24, 2.45) is 0 Å². The lowest BCUT2D eigenvalue weighted by molar-refractivity contribution is 0.235. The van der Waals surface area contributed by atoms with E-state index in [0.29, 0.717) is 11.3 Å². The maximum Gasteiger partial charge on any atom is 0.132 e. The zero-order chi connectivity index (χ0) is 17.2. The molecule has 2 aromatic heterocycles. The van der Waals surface area contributed by atoms with E-state index in [-0.39, 0.29) is 5.82 Å². The fraction of sp³-hybridized carbons (Fsp3) is 0.200. The standard InChI is InChI=1S/C20H19FN4/c1-2-11-24-12-13-25-18(14-24)19(15-7-9-22-10-8-15)20(23-25)16-5-3-4-6-17(16)21/h2-10H,1,11-14H2. The van der Waals surface area contributed by atoms with Gasteiger partial charge in [-0.05, 0) is 29.8 Å². The molecule has 0 spiro atoms. The molecule has 0 aliphatic carbocycles. The fourth-order valence-electron chi connectivity index (χ4n) is 3.37. The first kappa shape index (κ1) is 15.7. The molecule has 0 atom stereocenters. The van der Waals surface area contributed by atoms with Gasteiger partial charge in [0.05, 0.1) is 12.2 Å². The Morgan fingerprint density at radius 3 is 2.68 bits per heavy atom. The van der Waals surface area contributed by atoms with E-state index in [1.807, 2.05) is 29.0 Å². The second kappa shape index (κ2) is 6.61. The van der Waals surface area contributed by atoms with Crippen LogP contribution in [-0.4, -0.2) is 32.8 Å². The van der Waals surface area contributed by atoms with Crippen LogP contribution >= 0.6 is 0 Å². The summed E-state index contributed by atoms with van der Waals surface area (Å²) in [4.78, 5) is 6.43. The highest BCUT2D eigenvalue weighted by atomic mass is 19.1. The quantitative estimate of drug-likeness (QED) is 0.682. The minimum absolute atomic E-state index is 0.254. The molecular weight excluding hydrogens is 315 g/mol. The van der Waals surface area contributed by atoms with Crippen LogP contribution in [-0.2, 0) is 13.1 Å². The summed E-state index contributed by atoms with van der Waals surface area (Å²) in [5.74, 6) is -0.254. The monoisotopic (exact) mass is 334 g/mol. The molecule has 0 radical (unpaired) electrons. The lowest BCUT2D eigenvalue weighted by atomic mass is 9.98. The molecular formula is C20H19FN4. The van der Waals surface area contributed by atoms with Crippen molar-refractivity contribution in [3.05, 3.63) is 73.0 Å². The van der Waals surface area contributed by atoms with Gasteiger partial charge >= 0.3 is 0 Å². The van der Waals surface area contributed by atoms with Crippen molar-refractivity contribution < 1.29 is 4.39 Å². The third kappa shape index (κ3) is 2.87. The molecule has 0 saturated carbocycles. The van der Waals surface area contributed by atoms with E-state index in [2.05, 4.69) is 16.5 Å². The number of halogens is 1. The van der Waals surface area contributed by atoms with Gasteiger partial charge in [0.2, 0.25) is 0 Å². The molecule has 1 aliphatic heterocycles. The maximum atomic E-state index is 14.4. The van der Waals surface area contributed by atoms with Gasteiger partial charge < -0.3 is 0 Å². The SMILES string of the molecule is C=CCN1CCn2nc(-c3ccccc3F)c(-c3ccncc3)c2C1. The number of fused-ring (bicyclic) bond motifs is 1. The molecule has 3 heterocycles. The molecule has 0 amide bonds. The molecule has 0 saturated heterocycles. The summed E-state index contributed by atoms with van der Waals surface area (Å²) in [6.07, 6.45) is 5.43. The zero-order valence-electron chi connectivity index (χ0n) is 13.9. The molecule has 126 valence electrons. The molecule has 1 aromatic carbocycles. The number of aromatic nitrogens is 3. The topological polar surface area (TPSA) is 34.0 Å². The van der Waals surface area contributed by atoms with Gasteiger partial charge in [-0.2, -0.15) is 5.10 Å². The molecule has 1 aliphatic rings. The van der Waals surface area contributed by atoms with Gasteiger partial charge in [0, 0.05) is 43.2 Å². The van der Waals surface area contributed by atoms with Crippen LogP contribution in [0.2, 0.25) is 0 Å². The molecule has 4 nitrogen and oxygen atoms in total. The Labute approximate surface area is 146 Å². The van der Waals surface area contributed by atoms with Gasteiger partial charge in [0.1, 0.15) is 11.5 Å². The van der Waals surface area contributed by atoms with Crippen LogP contribution in [0.4, 0.5) is 4.39 Å². The smallest absolute Gasteiger partial charge is 0.132 e. The van der Waals surface area contributed by atoms with Crippen LogP contribution in [0, 0.1) is 5.82 Å². The van der Waals surface area contributed by atoms with Crippen LogP contribution < -0.4 is 0 Å². The normalized spacial score (nSPS) is 14.3. The van der Waals surface area contributed by atoms with Crippen molar-refractivity contribution >= 4 is 0 Å². The van der Waals surface area contributed by atoms with Crippen molar-refractivity contribution in [2.45, 2.75) is 13.1 Å². The third-order valence-corrected chi connectivity index (χ3v) is 4.54. The molecule has 25 heavy (non-hydrogen) atoms. The molecule has 0 unspecified atom stereocenters. The number of hydrogen-bond acceptors (Lipinski definition) is 3. The Bertz CT molecular complexity index is 901. The van der Waals surface area contributed by atoms with E-state index in [9.17, 15) is 4.39 Å². The Morgan fingerprint density at radius 2 is 1.92 bits per heavy atom. The van der Waals surface area contributed by atoms with Crippen molar-refractivity contribution in [1.82, 2.24) is 19.7 Å². The predicted octanol–water partition coefficient (Wildman–Crippen LogP) is 3.75. The van der Waals surface area contributed by atoms with Crippen LogP contribution in [0.25, 0.3) is 22.4 Å².